The second-order valence-corrected chi connectivity index (χ2v) is 2.10. The van der Waals surface area contributed by atoms with Gasteiger partial charge in [0.25, 0.3) is 0 Å². The van der Waals surface area contributed by atoms with E-state index in [9.17, 15) is 0 Å². The molecule has 3 heteroatoms. The van der Waals surface area contributed by atoms with E-state index in [4.69, 9.17) is 0 Å². The topological polar surface area (TPSA) is 46.6 Å². The SMILES string of the molecule is CN(C)c1ccncc1.[N]. The van der Waals surface area contributed by atoms with E-state index in [1.807, 2.05) is 31.1 Å². The molecule has 0 saturated heterocycles. The monoisotopic (exact) mass is 136 g/mol. The molecule has 1 aromatic heterocycles. The van der Waals surface area contributed by atoms with Crippen LogP contribution in [0.1, 0.15) is 0 Å². The van der Waals surface area contributed by atoms with Gasteiger partial charge in [-0.3, -0.25) is 4.98 Å². The molecule has 0 aromatic carbocycles. The quantitative estimate of drug-likeness (QED) is 0.569. The number of hydrogen-bond acceptors (Lipinski definition) is 2. The first-order valence-corrected chi connectivity index (χ1v) is 2.88. The third-order valence-corrected chi connectivity index (χ3v) is 1.18. The summed E-state index contributed by atoms with van der Waals surface area (Å²) in [6.07, 6.45) is 3.57. The maximum absolute atomic E-state index is 3.90. The van der Waals surface area contributed by atoms with Crippen molar-refractivity contribution in [3.63, 3.8) is 0 Å². The lowest BCUT2D eigenvalue weighted by atomic mass is 10.4. The Bertz CT molecular complexity index is 171. The molecule has 0 unspecified atom stereocenters. The maximum atomic E-state index is 3.90. The van der Waals surface area contributed by atoms with E-state index in [0.717, 1.165) is 0 Å². The zero-order chi connectivity index (χ0) is 6.69. The molecule has 0 aliphatic rings. The van der Waals surface area contributed by atoms with Gasteiger partial charge in [-0.1, -0.05) is 0 Å². The van der Waals surface area contributed by atoms with Gasteiger partial charge in [-0.15, -0.1) is 0 Å². The summed E-state index contributed by atoms with van der Waals surface area (Å²) in [7, 11) is 4.02. The summed E-state index contributed by atoms with van der Waals surface area (Å²) in [4.78, 5) is 5.94. The Labute approximate surface area is 61.3 Å². The Morgan fingerprint density at radius 2 is 1.70 bits per heavy atom. The van der Waals surface area contributed by atoms with Crippen LogP contribution in [0, 0.1) is 0 Å². The first-order chi connectivity index (χ1) is 4.30. The summed E-state index contributed by atoms with van der Waals surface area (Å²) in [6, 6.07) is 3.94. The van der Waals surface area contributed by atoms with Crippen molar-refractivity contribution in [3.8, 4) is 0 Å². The molecule has 3 nitrogen and oxygen atoms in total. The number of pyridine rings is 1. The molecule has 1 aromatic rings. The first-order valence-electron chi connectivity index (χ1n) is 2.88. The van der Waals surface area contributed by atoms with Gasteiger partial charge in [-0.25, -0.2) is 0 Å². The van der Waals surface area contributed by atoms with E-state index in [2.05, 4.69) is 4.98 Å². The number of anilines is 1. The van der Waals surface area contributed by atoms with Gasteiger partial charge >= 0.3 is 0 Å². The second-order valence-electron chi connectivity index (χ2n) is 2.10. The third-order valence-electron chi connectivity index (χ3n) is 1.18. The Kier molecular flexibility index (Phi) is 3.43. The van der Waals surface area contributed by atoms with Gasteiger partial charge in [0.2, 0.25) is 0 Å². The lowest BCUT2D eigenvalue weighted by Gasteiger charge is -2.10. The zero-order valence-corrected chi connectivity index (χ0v) is 6.15. The number of aromatic nitrogens is 1. The van der Waals surface area contributed by atoms with E-state index in [1.165, 1.54) is 5.69 Å². The largest absolute Gasteiger partial charge is 0.378 e. The lowest BCUT2D eigenvalue weighted by Crippen LogP contribution is -2.07. The van der Waals surface area contributed by atoms with Crippen LogP contribution in [-0.2, 0) is 0 Å². The smallest absolute Gasteiger partial charge is 0.0391 e. The maximum Gasteiger partial charge on any atom is 0.0391 e. The van der Waals surface area contributed by atoms with E-state index < -0.39 is 0 Å². The van der Waals surface area contributed by atoms with Crippen molar-refractivity contribution < 1.29 is 0 Å². The molecule has 0 N–H and O–H groups in total. The second kappa shape index (κ2) is 3.85. The summed E-state index contributed by atoms with van der Waals surface area (Å²) in [6.45, 7) is 0. The van der Waals surface area contributed by atoms with Gasteiger partial charge in [0.15, 0.2) is 0 Å². The fourth-order valence-electron chi connectivity index (χ4n) is 0.642. The van der Waals surface area contributed by atoms with Gasteiger partial charge in [-0.2, -0.15) is 0 Å². The highest BCUT2D eigenvalue weighted by atomic mass is 15.1. The van der Waals surface area contributed by atoms with Crippen molar-refractivity contribution in [2.75, 3.05) is 19.0 Å². The van der Waals surface area contributed by atoms with Crippen LogP contribution in [0.2, 0.25) is 0 Å². The molecule has 0 fully saturated rings. The summed E-state index contributed by atoms with van der Waals surface area (Å²) >= 11 is 0. The van der Waals surface area contributed by atoms with Gasteiger partial charge in [0.05, 0.1) is 0 Å². The van der Waals surface area contributed by atoms with Gasteiger partial charge in [0, 0.05) is 38.3 Å². The summed E-state index contributed by atoms with van der Waals surface area (Å²) < 4.78 is 0. The minimum absolute atomic E-state index is 0. The first kappa shape index (κ1) is 8.91. The highest BCUT2D eigenvalue weighted by Gasteiger charge is 1.88. The number of rotatable bonds is 1. The van der Waals surface area contributed by atoms with Crippen molar-refractivity contribution in [1.82, 2.24) is 11.1 Å². The molecule has 0 bridgehead atoms. The van der Waals surface area contributed by atoms with E-state index in [1.54, 1.807) is 12.4 Å². The van der Waals surface area contributed by atoms with Crippen LogP contribution in [0.25, 0.3) is 0 Å². The van der Waals surface area contributed by atoms with Crippen LogP contribution in [0.5, 0.6) is 0 Å². The molecule has 10 heavy (non-hydrogen) atoms. The van der Waals surface area contributed by atoms with Crippen molar-refractivity contribution in [3.05, 3.63) is 24.5 Å². The average molecular weight is 136 g/mol. The van der Waals surface area contributed by atoms with Crippen LogP contribution < -0.4 is 11.1 Å². The summed E-state index contributed by atoms with van der Waals surface area (Å²) in [5.41, 5.74) is 1.19. The van der Waals surface area contributed by atoms with Crippen LogP contribution >= 0.6 is 0 Å². The Morgan fingerprint density at radius 1 is 1.20 bits per heavy atom. The molecule has 0 aliphatic heterocycles. The molecule has 0 amide bonds. The highest BCUT2D eigenvalue weighted by Crippen LogP contribution is 2.05. The van der Waals surface area contributed by atoms with Gasteiger partial charge < -0.3 is 4.90 Å². The van der Waals surface area contributed by atoms with Crippen LogP contribution in [-0.4, -0.2) is 19.1 Å². The number of hydrogen-bond donors (Lipinski definition) is 0. The van der Waals surface area contributed by atoms with Crippen molar-refractivity contribution in [1.29, 1.82) is 0 Å². The molecular formula is C7H10N3. The molecule has 1 rings (SSSR count). The molecule has 0 aliphatic carbocycles. The predicted octanol–water partition coefficient (Wildman–Crippen LogP) is 0.667. The van der Waals surface area contributed by atoms with E-state index in [-0.39, 0.29) is 6.15 Å². The normalized spacial score (nSPS) is 8.20. The van der Waals surface area contributed by atoms with E-state index in [0.29, 0.717) is 0 Å². The standard InChI is InChI=1S/C7H10N2.N/c1-9(2)7-3-5-8-6-4-7;/h3-6H,1-2H3;. The van der Waals surface area contributed by atoms with Gasteiger partial charge in [0.1, 0.15) is 0 Å². The molecular weight excluding hydrogens is 126 g/mol. The fourth-order valence-corrected chi connectivity index (χ4v) is 0.642. The van der Waals surface area contributed by atoms with Crippen LogP contribution in [0.4, 0.5) is 5.69 Å². The lowest BCUT2D eigenvalue weighted by molar-refractivity contribution is 1.12. The zero-order valence-electron chi connectivity index (χ0n) is 6.15. The molecule has 53 valence electrons. The average Bonchev–Trinajstić information content (AvgIpc) is 1.90. The molecule has 3 radical (unpaired) electrons. The predicted molar refractivity (Wildman–Crippen MR) is 40.7 cm³/mol. The molecule has 0 saturated carbocycles. The fraction of sp³-hybridized carbons (Fsp3) is 0.286. The molecule has 1 heterocycles. The van der Waals surface area contributed by atoms with Crippen molar-refractivity contribution in [2.24, 2.45) is 0 Å². The summed E-state index contributed by atoms with van der Waals surface area (Å²) in [5, 5.41) is 0. The minimum atomic E-state index is 0. The van der Waals surface area contributed by atoms with Crippen molar-refractivity contribution >= 4 is 5.69 Å². The Balaban J connectivity index is 0.000000810. The minimum Gasteiger partial charge on any atom is -0.378 e. The van der Waals surface area contributed by atoms with Crippen LogP contribution in [0.15, 0.2) is 24.5 Å². The highest BCUT2D eigenvalue weighted by molar-refractivity contribution is 5.42. The molecule has 0 atom stereocenters. The van der Waals surface area contributed by atoms with Gasteiger partial charge in [-0.05, 0) is 12.1 Å². The Hall–Kier alpha value is -1.09. The molecule has 0 spiro atoms. The number of nitrogens with zero attached hydrogens (tertiary/aromatic N) is 3. The summed E-state index contributed by atoms with van der Waals surface area (Å²) in [5.74, 6) is 0. The van der Waals surface area contributed by atoms with E-state index >= 15 is 0 Å². The Morgan fingerprint density at radius 3 is 2.00 bits per heavy atom. The van der Waals surface area contributed by atoms with Crippen molar-refractivity contribution in [2.45, 2.75) is 0 Å². The van der Waals surface area contributed by atoms with Crippen LogP contribution in [0.3, 0.4) is 0 Å². The third kappa shape index (κ3) is 2.03.